The van der Waals surface area contributed by atoms with E-state index in [0.717, 1.165) is 0 Å². The van der Waals surface area contributed by atoms with Gasteiger partial charge in [0.15, 0.2) is 11.0 Å². The molecule has 154 valence electrons. The Morgan fingerprint density at radius 2 is 1.70 bits per heavy atom. The summed E-state index contributed by atoms with van der Waals surface area (Å²) >= 11 is 1.44. The van der Waals surface area contributed by atoms with Crippen molar-refractivity contribution in [2.45, 2.75) is 19.0 Å². The number of carbonyl (C=O) groups is 1. The second-order valence-electron chi connectivity index (χ2n) is 5.44. The summed E-state index contributed by atoms with van der Waals surface area (Å²) in [5.41, 5.74) is 0.622. The largest absolute Gasteiger partial charge is 0.476 e. The van der Waals surface area contributed by atoms with E-state index < -0.39 is 0 Å². The summed E-state index contributed by atoms with van der Waals surface area (Å²) in [4.78, 5) is 22.8. The third kappa shape index (κ3) is 8.29. The summed E-state index contributed by atoms with van der Waals surface area (Å²) in [6.07, 6.45) is 0. The highest BCUT2D eigenvalue weighted by Gasteiger charge is 2.22. The van der Waals surface area contributed by atoms with E-state index in [1.54, 1.807) is 21.3 Å². The Balaban J connectivity index is 3.33. The Bertz CT molecular complexity index is 568. The molecular weight excluding hydrogens is 372 g/mol. The van der Waals surface area contributed by atoms with Crippen LogP contribution in [0.3, 0.4) is 0 Å². The maximum atomic E-state index is 11.7. The summed E-state index contributed by atoms with van der Waals surface area (Å²) in [5, 5.41) is 3.31. The molecule has 0 saturated heterocycles. The fourth-order valence-electron chi connectivity index (χ4n) is 2.21. The standard InChI is InChI=1S/C17H30N4O5S/c1-6-26-16-14(21(7-9-23-3)8-10-24-4)15(18-13(2)22)19-17(20-16)27-12-11-25-5/h6-12H2,1-5H3,(H,18,19,20,22). The van der Waals surface area contributed by atoms with Gasteiger partial charge in [-0.15, -0.1) is 0 Å². The molecule has 0 aromatic carbocycles. The zero-order chi connectivity index (χ0) is 20.1. The van der Waals surface area contributed by atoms with Crippen LogP contribution in [0, 0.1) is 0 Å². The van der Waals surface area contributed by atoms with E-state index >= 15 is 0 Å². The minimum absolute atomic E-state index is 0.219. The Kier molecular flexibility index (Phi) is 11.7. The van der Waals surface area contributed by atoms with Gasteiger partial charge in [-0.3, -0.25) is 4.79 Å². The van der Waals surface area contributed by atoms with Gasteiger partial charge in [-0.05, 0) is 6.92 Å². The van der Waals surface area contributed by atoms with Crippen molar-refractivity contribution >= 4 is 29.2 Å². The van der Waals surface area contributed by atoms with Crippen LogP contribution in [-0.2, 0) is 19.0 Å². The van der Waals surface area contributed by atoms with Crippen molar-refractivity contribution in [1.82, 2.24) is 9.97 Å². The Hall–Kier alpha value is -1.62. The highest BCUT2D eigenvalue weighted by molar-refractivity contribution is 7.99. The predicted octanol–water partition coefficient (Wildman–Crippen LogP) is 1.67. The van der Waals surface area contributed by atoms with Gasteiger partial charge < -0.3 is 29.2 Å². The molecule has 1 aromatic heterocycles. The van der Waals surface area contributed by atoms with Crippen LogP contribution in [0.4, 0.5) is 11.5 Å². The molecule has 1 aromatic rings. The van der Waals surface area contributed by atoms with Gasteiger partial charge in [-0.2, -0.15) is 4.98 Å². The van der Waals surface area contributed by atoms with Crippen LogP contribution in [-0.4, -0.2) is 82.5 Å². The number of methoxy groups -OCH3 is 3. The fraction of sp³-hybridized carbons (Fsp3) is 0.706. The van der Waals surface area contributed by atoms with Gasteiger partial charge >= 0.3 is 0 Å². The average molecular weight is 403 g/mol. The van der Waals surface area contributed by atoms with E-state index in [2.05, 4.69) is 15.3 Å². The quantitative estimate of drug-likeness (QED) is 0.283. The molecule has 1 heterocycles. The normalized spacial score (nSPS) is 10.7. The monoisotopic (exact) mass is 402 g/mol. The molecule has 1 amide bonds. The van der Waals surface area contributed by atoms with E-state index in [-0.39, 0.29) is 5.91 Å². The molecule has 27 heavy (non-hydrogen) atoms. The summed E-state index contributed by atoms with van der Waals surface area (Å²) in [5.74, 6) is 1.30. The van der Waals surface area contributed by atoms with Crippen LogP contribution >= 0.6 is 11.8 Å². The van der Waals surface area contributed by atoms with Crippen LogP contribution in [0.5, 0.6) is 5.88 Å². The van der Waals surface area contributed by atoms with Gasteiger partial charge in [0.25, 0.3) is 0 Å². The number of hydrogen-bond donors (Lipinski definition) is 1. The minimum Gasteiger partial charge on any atom is -0.476 e. The molecule has 0 atom stereocenters. The SMILES string of the molecule is CCOc1nc(SCCOC)nc(NC(C)=O)c1N(CCOC)CCOC. The number of aromatic nitrogens is 2. The Morgan fingerprint density at radius 3 is 2.22 bits per heavy atom. The van der Waals surface area contributed by atoms with Gasteiger partial charge in [0.2, 0.25) is 11.8 Å². The van der Waals surface area contributed by atoms with Gasteiger partial charge in [-0.25, -0.2) is 4.98 Å². The summed E-state index contributed by atoms with van der Waals surface area (Å²) in [6, 6.07) is 0. The molecule has 0 aliphatic rings. The lowest BCUT2D eigenvalue weighted by atomic mass is 10.3. The van der Waals surface area contributed by atoms with Crippen molar-refractivity contribution in [3.05, 3.63) is 0 Å². The first-order chi connectivity index (χ1) is 13.1. The summed E-state index contributed by atoms with van der Waals surface area (Å²) in [7, 11) is 4.92. The number of nitrogens with zero attached hydrogens (tertiary/aromatic N) is 3. The second-order valence-corrected chi connectivity index (χ2v) is 6.50. The molecule has 0 unspecified atom stereocenters. The molecule has 1 rings (SSSR count). The lowest BCUT2D eigenvalue weighted by molar-refractivity contribution is -0.114. The van der Waals surface area contributed by atoms with Crippen LogP contribution in [0.15, 0.2) is 5.16 Å². The topological polar surface area (TPSA) is 95.0 Å². The van der Waals surface area contributed by atoms with Crippen molar-refractivity contribution in [1.29, 1.82) is 0 Å². The van der Waals surface area contributed by atoms with E-state index in [4.69, 9.17) is 18.9 Å². The molecule has 0 spiro atoms. The third-order valence-electron chi connectivity index (χ3n) is 3.37. The molecule has 0 aliphatic heterocycles. The Morgan fingerprint density at radius 1 is 1.07 bits per heavy atom. The van der Waals surface area contributed by atoms with E-state index in [1.807, 2.05) is 11.8 Å². The average Bonchev–Trinajstić information content (AvgIpc) is 2.63. The van der Waals surface area contributed by atoms with Crippen LogP contribution < -0.4 is 15.0 Å². The molecule has 9 nitrogen and oxygen atoms in total. The number of hydrogen-bond acceptors (Lipinski definition) is 9. The number of amides is 1. The van der Waals surface area contributed by atoms with E-state index in [0.29, 0.717) is 67.8 Å². The first kappa shape index (κ1) is 23.4. The lowest BCUT2D eigenvalue weighted by Gasteiger charge is -2.27. The highest BCUT2D eigenvalue weighted by atomic mass is 32.2. The van der Waals surface area contributed by atoms with Gasteiger partial charge in [0.05, 0.1) is 26.4 Å². The van der Waals surface area contributed by atoms with Crippen molar-refractivity contribution in [2.75, 3.05) is 76.8 Å². The van der Waals surface area contributed by atoms with E-state index in [1.165, 1.54) is 18.7 Å². The Labute approximate surface area is 165 Å². The van der Waals surface area contributed by atoms with Gasteiger partial charge in [-0.1, -0.05) is 11.8 Å². The number of rotatable bonds is 14. The molecule has 0 fully saturated rings. The smallest absolute Gasteiger partial charge is 0.244 e. The zero-order valence-corrected chi connectivity index (χ0v) is 17.6. The van der Waals surface area contributed by atoms with Gasteiger partial charge in [0.1, 0.15) is 5.69 Å². The molecule has 1 N–H and O–H groups in total. The second kappa shape index (κ2) is 13.5. The lowest BCUT2D eigenvalue weighted by Crippen LogP contribution is -2.32. The van der Waals surface area contributed by atoms with Crippen molar-refractivity contribution < 1.29 is 23.7 Å². The maximum Gasteiger partial charge on any atom is 0.244 e. The minimum atomic E-state index is -0.219. The zero-order valence-electron chi connectivity index (χ0n) is 16.7. The number of nitrogens with one attached hydrogen (secondary N) is 1. The molecule has 0 radical (unpaired) electrons. The third-order valence-corrected chi connectivity index (χ3v) is 4.18. The van der Waals surface area contributed by atoms with Crippen LogP contribution in [0.1, 0.15) is 13.8 Å². The maximum absolute atomic E-state index is 11.7. The number of thioether (sulfide) groups is 1. The van der Waals surface area contributed by atoms with Gasteiger partial charge in [0, 0.05) is 47.1 Å². The van der Waals surface area contributed by atoms with Crippen molar-refractivity contribution in [3.8, 4) is 5.88 Å². The fourth-order valence-corrected chi connectivity index (χ4v) is 2.95. The van der Waals surface area contributed by atoms with Crippen molar-refractivity contribution in [3.63, 3.8) is 0 Å². The van der Waals surface area contributed by atoms with Crippen molar-refractivity contribution in [2.24, 2.45) is 0 Å². The molecular formula is C17H30N4O5S. The molecule has 0 saturated carbocycles. The number of carbonyl (C=O) groups excluding carboxylic acids is 1. The first-order valence-corrected chi connectivity index (χ1v) is 9.72. The van der Waals surface area contributed by atoms with Crippen LogP contribution in [0.2, 0.25) is 0 Å². The molecule has 10 heteroatoms. The molecule has 0 bridgehead atoms. The summed E-state index contributed by atoms with van der Waals surface area (Å²) in [6.45, 7) is 6.49. The van der Waals surface area contributed by atoms with E-state index in [9.17, 15) is 4.79 Å². The number of anilines is 2. The highest BCUT2D eigenvalue weighted by Crippen LogP contribution is 2.35. The summed E-state index contributed by atoms with van der Waals surface area (Å²) < 4.78 is 21.3. The molecule has 0 aliphatic carbocycles. The van der Waals surface area contributed by atoms with Crippen LogP contribution in [0.25, 0.3) is 0 Å². The first-order valence-electron chi connectivity index (χ1n) is 8.74. The predicted molar refractivity (Wildman–Crippen MR) is 106 cm³/mol. The number of ether oxygens (including phenoxy) is 4.